The van der Waals surface area contributed by atoms with E-state index < -0.39 is 20.8 Å². The van der Waals surface area contributed by atoms with E-state index in [-0.39, 0.29) is 31.9 Å². The molecule has 0 spiro atoms. The molecule has 55 heavy (non-hydrogen) atoms. The fourth-order valence-electron chi connectivity index (χ4n) is 8.35. The maximum atomic E-state index is 9.16. The summed E-state index contributed by atoms with van der Waals surface area (Å²) in [5.41, 5.74) is 7.49. The summed E-state index contributed by atoms with van der Waals surface area (Å²) >= 11 is 1.78. The zero-order valence-corrected chi connectivity index (χ0v) is 36.7. The van der Waals surface area contributed by atoms with Crippen LogP contribution >= 0.6 is 11.3 Å². The van der Waals surface area contributed by atoms with Gasteiger partial charge in [-0.1, -0.05) is 117 Å². The fraction of sp³-hybridized carbons (Fsp3) is 0.320. The summed E-state index contributed by atoms with van der Waals surface area (Å²) in [6.07, 6.45) is 6.95. The van der Waals surface area contributed by atoms with E-state index in [9.17, 15) is 0 Å². The molecule has 0 amide bonds. The monoisotopic (exact) mass is 937 g/mol. The van der Waals surface area contributed by atoms with Crippen LogP contribution in [-0.4, -0.2) is 18.0 Å². The van der Waals surface area contributed by atoms with Gasteiger partial charge >= 0.3 is 0 Å². The maximum absolute atomic E-state index is 9.16. The Balaban J connectivity index is 0.000000199. The van der Waals surface area contributed by atoms with E-state index in [0.29, 0.717) is 11.8 Å². The normalized spacial score (nSPS) is 19.5. The van der Waals surface area contributed by atoms with Gasteiger partial charge in [-0.25, -0.2) is 0 Å². The van der Waals surface area contributed by atoms with Crippen molar-refractivity contribution >= 4 is 44.8 Å². The van der Waals surface area contributed by atoms with Gasteiger partial charge in [0.1, 0.15) is 0 Å². The molecular formula is C50H52IrN2SSi-2. The van der Waals surface area contributed by atoms with Crippen molar-refractivity contribution in [3.05, 3.63) is 139 Å². The van der Waals surface area contributed by atoms with Crippen LogP contribution in [0.1, 0.15) is 62.6 Å². The van der Waals surface area contributed by atoms with E-state index in [1.165, 1.54) is 57.0 Å². The van der Waals surface area contributed by atoms with Gasteiger partial charge < -0.3 is 9.97 Å². The SMILES string of the molecule is [2H]C([2H])(c1cc(-c2[c-]cccc2)ncc1[Si](C)(C)C)C(C)C.[2H]C([2H])(c1ccnc(-c2[c-]ccc3c2sc2cc(-c4ccccc4)ccc23)c1)C1CC2CCC1CC2.[Ir]. The van der Waals surface area contributed by atoms with Crippen molar-refractivity contribution in [3.8, 4) is 33.6 Å². The third-order valence-electron chi connectivity index (χ3n) is 11.1. The molecule has 283 valence electrons. The summed E-state index contributed by atoms with van der Waals surface area (Å²) in [5.74, 6) is 1.24. The molecule has 0 aliphatic heterocycles. The van der Waals surface area contributed by atoms with Gasteiger partial charge in [-0.05, 0) is 106 Å². The van der Waals surface area contributed by atoms with Gasteiger partial charge in [0.25, 0.3) is 0 Å². The van der Waals surface area contributed by atoms with Gasteiger partial charge in [0, 0.05) is 42.7 Å². The summed E-state index contributed by atoms with van der Waals surface area (Å²) in [6.45, 7) is 10.6. The first-order valence-corrected chi connectivity index (χ1v) is 23.9. The van der Waals surface area contributed by atoms with Gasteiger partial charge in [-0.2, -0.15) is 11.3 Å². The second-order valence-electron chi connectivity index (χ2n) is 16.4. The van der Waals surface area contributed by atoms with Crippen LogP contribution in [0.3, 0.4) is 0 Å². The van der Waals surface area contributed by atoms with E-state index in [2.05, 4.69) is 85.3 Å². The van der Waals surface area contributed by atoms with Crippen LogP contribution in [0.2, 0.25) is 19.6 Å². The number of fused-ring (bicyclic) bond motifs is 6. The number of aromatic nitrogens is 2. The molecule has 3 aliphatic carbocycles. The van der Waals surface area contributed by atoms with E-state index in [0.717, 1.165) is 45.2 Å². The zero-order valence-electron chi connectivity index (χ0n) is 36.5. The average Bonchev–Trinajstić information content (AvgIpc) is 3.63. The first-order valence-electron chi connectivity index (χ1n) is 21.6. The topological polar surface area (TPSA) is 25.8 Å². The van der Waals surface area contributed by atoms with Crippen molar-refractivity contribution in [1.29, 1.82) is 0 Å². The predicted molar refractivity (Wildman–Crippen MR) is 234 cm³/mol. The van der Waals surface area contributed by atoms with Crippen LogP contribution in [0.15, 0.2) is 116 Å². The fourth-order valence-corrected chi connectivity index (χ4v) is 11.0. The zero-order chi connectivity index (χ0) is 40.8. The Bertz CT molecular complexity index is 2540. The molecule has 3 fully saturated rings. The molecule has 4 aromatic carbocycles. The second kappa shape index (κ2) is 17.2. The number of nitrogens with zero attached hydrogens (tertiary/aromatic N) is 2. The first-order chi connectivity index (χ1) is 27.7. The third kappa shape index (κ3) is 8.97. The first kappa shape index (κ1) is 34.5. The molecule has 2 bridgehead atoms. The Morgan fingerprint density at radius 1 is 0.800 bits per heavy atom. The summed E-state index contributed by atoms with van der Waals surface area (Å²) in [7, 11) is -1.67. The summed E-state index contributed by atoms with van der Waals surface area (Å²) in [6, 6.07) is 41.5. The van der Waals surface area contributed by atoms with Crippen LogP contribution in [0, 0.1) is 35.8 Å². The van der Waals surface area contributed by atoms with Crippen molar-refractivity contribution in [1.82, 2.24) is 9.97 Å². The Hall–Kier alpha value is -3.73. The standard InChI is InChI=1S/C32H28NS.C18H24NSi.Ir/c1-2-5-23(6-3-1)25-13-14-27-28-7-4-8-29(32(28)34-31(27)20-25)30-19-22(15-16-33-30)18-26-17-21-9-11-24(26)12-10-21;1-14(2)11-16-12-17(15-9-7-6-8-10-15)19-13-18(16)20(3,4)5;/h1-7,13-16,19-21,24,26H,9-12,17-18H2;6-9,12-14H,11H2,1-5H3;/q2*-1;/i18D2;11D2;. The summed E-state index contributed by atoms with van der Waals surface area (Å²) in [5, 5.41) is 3.56. The van der Waals surface area contributed by atoms with Crippen LogP contribution in [-0.2, 0) is 32.9 Å². The molecule has 1 unspecified atom stereocenters. The average molecular weight is 937 g/mol. The largest absolute Gasteiger partial charge is 0.305 e. The number of pyridine rings is 2. The van der Waals surface area contributed by atoms with Gasteiger partial charge in [0.15, 0.2) is 0 Å². The Kier molecular flexibility index (Phi) is 10.8. The van der Waals surface area contributed by atoms with Gasteiger partial charge in [-0.3, -0.25) is 0 Å². The van der Waals surface area contributed by atoms with Gasteiger partial charge in [0.05, 0.1) is 8.07 Å². The minimum atomic E-state index is -1.67. The number of hydrogen-bond acceptors (Lipinski definition) is 3. The van der Waals surface area contributed by atoms with Crippen molar-refractivity contribution in [2.45, 2.75) is 78.3 Å². The van der Waals surface area contributed by atoms with Crippen LogP contribution < -0.4 is 5.19 Å². The van der Waals surface area contributed by atoms with Crippen LogP contribution in [0.4, 0.5) is 0 Å². The molecule has 10 rings (SSSR count). The molecule has 5 heteroatoms. The molecule has 3 heterocycles. The minimum Gasteiger partial charge on any atom is -0.305 e. The molecule has 1 atom stereocenters. The number of rotatable bonds is 8. The van der Waals surface area contributed by atoms with Gasteiger partial charge in [0.2, 0.25) is 0 Å². The van der Waals surface area contributed by atoms with E-state index in [1.54, 1.807) is 17.5 Å². The Morgan fingerprint density at radius 3 is 2.31 bits per heavy atom. The minimum absolute atomic E-state index is 0. The van der Waals surface area contributed by atoms with Crippen LogP contribution in [0.25, 0.3) is 53.8 Å². The summed E-state index contributed by atoms with van der Waals surface area (Å²) < 4.78 is 37.8. The van der Waals surface area contributed by atoms with E-state index in [1.807, 2.05) is 74.6 Å². The smallest absolute Gasteiger partial charge is 0.0798 e. The van der Waals surface area contributed by atoms with Crippen molar-refractivity contribution in [2.24, 2.45) is 23.7 Å². The molecular weight excluding hydrogens is 881 g/mol. The summed E-state index contributed by atoms with van der Waals surface area (Å²) in [4.78, 5) is 9.30. The third-order valence-corrected chi connectivity index (χ3v) is 14.3. The molecule has 7 aromatic rings. The number of benzene rings is 4. The Morgan fingerprint density at radius 2 is 1.60 bits per heavy atom. The molecule has 1 radical (unpaired) electrons. The maximum Gasteiger partial charge on any atom is 0.0798 e. The molecule has 3 saturated carbocycles. The van der Waals surface area contributed by atoms with E-state index in [4.69, 9.17) is 10.5 Å². The quantitative estimate of drug-likeness (QED) is 0.112. The number of hydrogen-bond donors (Lipinski definition) is 0. The predicted octanol–water partition coefficient (Wildman–Crippen LogP) is 13.2. The molecule has 0 saturated heterocycles. The molecule has 3 aromatic heterocycles. The van der Waals surface area contributed by atoms with Crippen molar-refractivity contribution in [3.63, 3.8) is 0 Å². The van der Waals surface area contributed by atoms with Crippen molar-refractivity contribution in [2.75, 3.05) is 0 Å². The molecule has 2 nitrogen and oxygen atoms in total. The molecule has 0 N–H and O–H groups in total. The second-order valence-corrected chi connectivity index (χ2v) is 22.5. The van der Waals surface area contributed by atoms with Gasteiger partial charge in [-0.15, -0.1) is 59.7 Å². The van der Waals surface area contributed by atoms with E-state index >= 15 is 0 Å². The Labute approximate surface area is 352 Å². The van der Waals surface area contributed by atoms with Crippen molar-refractivity contribution < 1.29 is 25.6 Å². The number of thiophene rings is 1. The van der Waals surface area contributed by atoms with Crippen LogP contribution in [0.5, 0.6) is 0 Å². The molecule has 3 aliphatic rings.